The first kappa shape index (κ1) is 25.2. The van der Waals surface area contributed by atoms with Crippen LogP contribution < -0.4 is 11.1 Å². The van der Waals surface area contributed by atoms with Gasteiger partial charge in [-0.15, -0.1) is 0 Å². The van der Waals surface area contributed by atoms with Crippen molar-refractivity contribution >= 4 is 24.5 Å². The molecule has 1 atom stereocenters. The zero-order valence-corrected chi connectivity index (χ0v) is 17.3. The van der Waals surface area contributed by atoms with E-state index in [-0.39, 0.29) is 5.91 Å². The molecule has 0 aromatic heterocycles. The summed E-state index contributed by atoms with van der Waals surface area (Å²) in [6.07, 6.45) is 16.4. The summed E-state index contributed by atoms with van der Waals surface area (Å²) in [6, 6.07) is -0.419. The van der Waals surface area contributed by atoms with Crippen LogP contribution in [0.3, 0.4) is 0 Å². The standard InChI is InChI=1S/C20H40N2O3S/c21-18(15-17-26)20(25)22-16-13-11-9-7-5-3-1-2-4-6-8-10-12-14-19(23)24/h18,26H,1-17,21H2,(H,22,25)(H,23,24). The Balaban J connectivity index is 3.15. The Bertz CT molecular complexity index is 354. The molecule has 0 saturated heterocycles. The van der Waals surface area contributed by atoms with Crippen LogP contribution in [0.4, 0.5) is 0 Å². The molecule has 0 bridgehead atoms. The Morgan fingerprint density at radius 3 is 1.65 bits per heavy atom. The van der Waals surface area contributed by atoms with E-state index in [0.717, 1.165) is 25.8 Å². The fourth-order valence-corrected chi connectivity index (χ4v) is 3.24. The topological polar surface area (TPSA) is 92.4 Å². The fraction of sp³-hybridized carbons (Fsp3) is 0.900. The number of carboxylic acid groups (broad SMARTS) is 1. The summed E-state index contributed by atoms with van der Waals surface area (Å²) >= 11 is 4.08. The zero-order valence-electron chi connectivity index (χ0n) is 16.4. The highest BCUT2D eigenvalue weighted by molar-refractivity contribution is 7.80. The molecular weight excluding hydrogens is 348 g/mol. The number of unbranched alkanes of at least 4 members (excludes halogenated alkanes) is 12. The minimum absolute atomic E-state index is 0.0547. The molecule has 0 radical (unpaired) electrons. The SMILES string of the molecule is NC(CCS)C(=O)NCCCCCCCCCCCCCCCC(=O)O. The molecule has 154 valence electrons. The number of thiol groups is 1. The maximum absolute atomic E-state index is 11.6. The van der Waals surface area contributed by atoms with E-state index < -0.39 is 12.0 Å². The molecule has 0 heterocycles. The second-order valence-corrected chi connectivity index (χ2v) is 7.60. The molecule has 0 saturated carbocycles. The Hall–Kier alpha value is -0.750. The van der Waals surface area contributed by atoms with Crippen LogP contribution >= 0.6 is 12.6 Å². The van der Waals surface area contributed by atoms with Gasteiger partial charge >= 0.3 is 5.97 Å². The van der Waals surface area contributed by atoms with Crippen LogP contribution in [-0.4, -0.2) is 35.3 Å². The predicted molar refractivity (Wildman–Crippen MR) is 112 cm³/mol. The summed E-state index contributed by atoms with van der Waals surface area (Å²) in [5, 5.41) is 11.4. The van der Waals surface area contributed by atoms with Crippen molar-refractivity contribution in [2.45, 2.75) is 102 Å². The van der Waals surface area contributed by atoms with E-state index >= 15 is 0 Å². The van der Waals surface area contributed by atoms with Gasteiger partial charge in [-0.05, 0) is 25.0 Å². The third-order valence-electron chi connectivity index (χ3n) is 4.64. The third kappa shape index (κ3) is 18.1. The van der Waals surface area contributed by atoms with E-state index in [1.54, 1.807) is 0 Å². The van der Waals surface area contributed by atoms with Crippen LogP contribution in [0.15, 0.2) is 0 Å². The van der Waals surface area contributed by atoms with Gasteiger partial charge < -0.3 is 16.2 Å². The molecule has 0 spiro atoms. The van der Waals surface area contributed by atoms with E-state index in [0.29, 0.717) is 18.6 Å². The fourth-order valence-electron chi connectivity index (χ4n) is 2.96. The van der Waals surface area contributed by atoms with E-state index in [4.69, 9.17) is 10.8 Å². The molecule has 0 rings (SSSR count). The highest BCUT2D eigenvalue weighted by Crippen LogP contribution is 2.12. The Morgan fingerprint density at radius 1 is 0.808 bits per heavy atom. The molecule has 1 amide bonds. The highest BCUT2D eigenvalue weighted by Gasteiger charge is 2.10. The van der Waals surface area contributed by atoms with Crippen LogP contribution in [0.25, 0.3) is 0 Å². The van der Waals surface area contributed by atoms with E-state index in [1.165, 1.54) is 64.2 Å². The van der Waals surface area contributed by atoms with Crippen molar-refractivity contribution in [1.82, 2.24) is 5.32 Å². The van der Waals surface area contributed by atoms with Crippen LogP contribution in [0.2, 0.25) is 0 Å². The first-order valence-electron chi connectivity index (χ1n) is 10.4. The van der Waals surface area contributed by atoms with Crippen molar-refractivity contribution in [2.75, 3.05) is 12.3 Å². The molecule has 0 fully saturated rings. The van der Waals surface area contributed by atoms with Gasteiger partial charge in [0.25, 0.3) is 0 Å². The minimum atomic E-state index is -0.678. The lowest BCUT2D eigenvalue weighted by atomic mass is 10.0. The van der Waals surface area contributed by atoms with Crippen molar-refractivity contribution in [2.24, 2.45) is 5.73 Å². The van der Waals surface area contributed by atoms with E-state index in [9.17, 15) is 9.59 Å². The molecule has 1 unspecified atom stereocenters. The van der Waals surface area contributed by atoms with Gasteiger partial charge in [-0.1, -0.05) is 70.6 Å². The second-order valence-electron chi connectivity index (χ2n) is 7.15. The van der Waals surface area contributed by atoms with Gasteiger partial charge in [0.1, 0.15) is 0 Å². The lowest BCUT2D eigenvalue weighted by Gasteiger charge is -2.10. The number of aliphatic carboxylic acids is 1. The number of nitrogens with two attached hydrogens (primary N) is 1. The summed E-state index contributed by atoms with van der Waals surface area (Å²) in [5.74, 6) is -0.0920. The lowest BCUT2D eigenvalue weighted by Crippen LogP contribution is -2.41. The molecule has 0 aromatic rings. The van der Waals surface area contributed by atoms with Gasteiger partial charge in [-0.3, -0.25) is 9.59 Å². The number of carboxylic acids is 1. The van der Waals surface area contributed by atoms with Crippen LogP contribution in [0.5, 0.6) is 0 Å². The average molecular weight is 389 g/mol. The summed E-state index contributed by atoms with van der Waals surface area (Å²) in [6.45, 7) is 0.728. The monoisotopic (exact) mass is 388 g/mol. The number of rotatable bonds is 19. The average Bonchev–Trinajstić information content (AvgIpc) is 2.61. The van der Waals surface area contributed by atoms with Gasteiger partial charge in [0, 0.05) is 13.0 Å². The first-order chi connectivity index (χ1) is 12.6. The predicted octanol–water partition coefficient (Wildman–Crippen LogP) is 4.30. The third-order valence-corrected chi connectivity index (χ3v) is 4.90. The van der Waals surface area contributed by atoms with Gasteiger partial charge in [-0.2, -0.15) is 12.6 Å². The Kier molecular flexibility index (Phi) is 18.5. The maximum Gasteiger partial charge on any atom is 0.303 e. The van der Waals surface area contributed by atoms with Crippen molar-refractivity contribution in [3.8, 4) is 0 Å². The maximum atomic E-state index is 11.6. The van der Waals surface area contributed by atoms with Crippen LogP contribution in [0, 0.1) is 0 Å². The van der Waals surface area contributed by atoms with Crippen LogP contribution in [0.1, 0.15) is 96.3 Å². The van der Waals surface area contributed by atoms with Crippen molar-refractivity contribution in [1.29, 1.82) is 0 Å². The molecule has 0 aromatic carbocycles. The largest absolute Gasteiger partial charge is 0.481 e. The number of amides is 1. The van der Waals surface area contributed by atoms with E-state index in [1.807, 2.05) is 0 Å². The summed E-state index contributed by atoms with van der Waals surface area (Å²) in [5.41, 5.74) is 5.72. The summed E-state index contributed by atoms with van der Waals surface area (Å²) < 4.78 is 0. The van der Waals surface area contributed by atoms with E-state index in [2.05, 4.69) is 17.9 Å². The van der Waals surface area contributed by atoms with Gasteiger partial charge in [0.05, 0.1) is 6.04 Å². The second kappa shape index (κ2) is 19.0. The molecule has 4 N–H and O–H groups in total. The molecule has 5 nitrogen and oxygen atoms in total. The summed E-state index contributed by atoms with van der Waals surface area (Å²) in [4.78, 5) is 22.0. The normalized spacial score (nSPS) is 12.1. The number of hydrogen-bond donors (Lipinski definition) is 4. The smallest absolute Gasteiger partial charge is 0.303 e. The number of carbonyl (C=O) groups excluding carboxylic acids is 1. The molecule has 26 heavy (non-hydrogen) atoms. The molecule has 0 aliphatic rings. The molecule has 0 aliphatic heterocycles. The molecule has 6 heteroatoms. The quantitative estimate of drug-likeness (QED) is 0.196. The van der Waals surface area contributed by atoms with Gasteiger partial charge in [0.2, 0.25) is 5.91 Å². The summed E-state index contributed by atoms with van der Waals surface area (Å²) in [7, 11) is 0. The minimum Gasteiger partial charge on any atom is -0.481 e. The zero-order chi connectivity index (χ0) is 19.5. The Labute approximate surface area is 165 Å². The van der Waals surface area contributed by atoms with Gasteiger partial charge in [0.15, 0.2) is 0 Å². The molecular formula is C20H40N2O3S. The molecule has 0 aliphatic carbocycles. The van der Waals surface area contributed by atoms with Crippen molar-refractivity contribution < 1.29 is 14.7 Å². The first-order valence-corrected chi connectivity index (χ1v) is 11.1. The lowest BCUT2D eigenvalue weighted by molar-refractivity contribution is -0.137. The van der Waals surface area contributed by atoms with Crippen LogP contribution in [-0.2, 0) is 9.59 Å². The van der Waals surface area contributed by atoms with Gasteiger partial charge in [-0.25, -0.2) is 0 Å². The Morgan fingerprint density at radius 2 is 1.23 bits per heavy atom. The number of hydrogen-bond acceptors (Lipinski definition) is 4. The highest BCUT2D eigenvalue weighted by atomic mass is 32.1. The van der Waals surface area contributed by atoms with Crippen molar-refractivity contribution in [3.63, 3.8) is 0 Å². The number of carbonyl (C=O) groups is 2. The van der Waals surface area contributed by atoms with Crippen molar-refractivity contribution in [3.05, 3.63) is 0 Å². The number of nitrogens with one attached hydrogen (secondary N) is 1.